The molecule has 4 nitrogen and oxygen atoms in total. The summed E-state index contributed by atoms with van der Waals surface area (Å²) in [6.07, 6.45) is 3.10. The summed E-state index contributed by atoms with van der Waals surface area (Å²) in [5.41, 5.74) is 0.543. The van der Waals surface area contributed by atoms with Gasteiger partial charge in [-0.25, -0.2) is 13.8 Å². The Morgan fingerprint density at radius 3 is 2.47 bits per heavy atom. The molecule has 0 saturated heterocycles. The van der Waals surface area contributed by atoms with Crippen molar-refractivity contribution in [3.63, 3.8) is 0 Å². The summed E-state index contributed by atoms with van der Waals surface area (Å²) < 4.78 is 19.1. The molecule has 5 heteroatoms. The highest BCUT2D eigenvalue weighted by Gasteiger charge is 2.19. The van der Waals surface area contributed by atoms with Gasteiger partial charge < -0.3 is 4.42 Å². The fourth-order valence-electron chi connectivity index (χ4n) is 2.40. The lowest BCUT2D eigenvalue weighted by Gasteiger charge is -2.14. The van der Waals surface area contributed by atoms with E-state index >= 15 is 0 Å². The van der Waals surface area contributed by atoms with Crippen molar-refractivity contribution in [2.24, 2.45) is 0 Å². The van der Waals surface area contributed by atoms with Crippen LogP contribution in [0, 0.1) is 5.82 Å². The lowest BCUT2D eigenvalue weighted by molar-refractivity contribution is 0.388. The van der Waals surface area contributed by atoms with Gasteiger partial charge in [-0.05, 0) is 43.5 Å². The van der Waals surface area contributed by atoms with E-state index in [1.807, 2.05) is 0 Å². The smallest absolute Gasteiger partial charge is 0.414 e. The maximum atomic E-state index is 12.9. The molecular formula is C14H12FNO3. The number of hydrogen-bond acceptors (Lipinski definition) is 3. The van der Waals surface area contributed by atoms with Gasteiger partial charge in [0.15, 0.2) is 0 Å². The number of rotatable bonds is 1. The van der Waals surface area contributed by atoms with Crippen LogP contribution in [0.25, 0.3) is 5.69 Å². The molecule has 0 amide bonds. The van der Waals surface area contributed by atoms with Crippen LogP contribution in [0.1, 0.15) is 24.2 Å². The SMILES string of the molecule is O=c1oc2c(c(=O)n1-c1ccc(F)cc1)CCCC2. The third-order valence-electron chi connectivity index (χ3n) is 3.36. The first-order valence-corrected chi connectivity index (χ1v) is 6.20. The monoisotopic (exact) mass is 261 g/mol. The van der Waals surface area contributed by atoms with Gasteiger partial charge in [0.1, 0.15) is 11.6 Å². The third kappa shape index (κ3) is 2.01. The van der Waals surface area contributed by atoms with Gasteiger partial charge in [0.2, 0.25) is 0 Å². The quantitative estimate of drug-likeness (QED) is 0.786. The molecule has 1 aliphatic rings. The van der Waals surface area contributed by atoms with E-state index in [1.165, 1.54) is 24.3 Å². The van der Waals surface area contributed by atoms with E-state index in [1.54, 1.807) is 0 Å². The molecule has 0 aliphatic heterocycles. The Hall–Kier alpha value is -2.17. The first kappa shape index (κ1) is 11.9. The third-order valence-corrected chi connectivity index (χ3v) is 3.36. The van der Waals surface area contributed by atoms with E-state index < -0.39 is 11.6 Å². The van der Waals surface area contributed by atoms with Crippen LogP contribution in [0.5, 0.6) is 0 Å². The fourth-order valence-corrected chi connectivity index (χ4v) is 2.40. The van der Waals surface area contributed by atoms with Crippen LogP contribution < -0.4 is 11.3 Å². The summed E-state index contributed by atoms with van der Waals surface area (Å²) in [6, 6.07) is 5.20. The summed E-state index contributed by atoms with van der Waals surface area (Å²) in [5, 5.41) is 0. The molecule has 0 spiro atoms. The molecule has 0 unspecified atom stereocenters. The molecule has 1 heterocycles. The lowest BCUT2D eigenvalue weighted by Crippen LogP contribution is -2.35. The number of benzene rings is 1. The zero-order valence-electron chi connectivity index (χ0n) is 10.2. The highest BCUT2D eigenvalue weighted by atomic mass is 19.1. The normalized spacial score (nSPS) is 14.2. The van der Waals surface area contributed by atoms with Crippen molar-refractivity contribution in [1.29, 1.82) is 0 Å². The summed E-state index contributed by atoms with van der Waals surface area (Å²) in [4.78, 5) is 24.2. The fraction of sp³-hybridized carbons (Fsp3) is 0.286. The largest absolute Gasteiger partial charge is 0.426 e. The Bertz CT molecular complexity index is 728. The Kier molecular flexibility index (Phi) is 2.81. The Morgan fingerprint density at radius 2 is 1.74 bits per heavy atom. The van der Waals surface area contributed by atoms with Crippen molar-refractivity contribution >= 4 is 0 Å². The minimum atomic E-state index is -0.711. The first-order valence-electron chi connectivity index (χ1n) is 6.20. The number of aromatic nitrogens is 1. The van der Waals surface area contributed by atoms with Crippen molar-refractivity contribution < 1.29 is 8.81 Å². The van der Waals surface area contributed by atoms with Gasteiger partial charge in [-0.15, -0.1) is 0 Å². The molecule has 0 atom stereocenters. The van der Waals surface area contributed by atoms with Crippen molar-refractivity contribution in [3.8, 4) is 5.69 Å². The van der Waals surface area contributed by atoms with E-state index in [-0.39, 0.29) is 5.56 Å². The second kappa shape index (κ2) is 4.50. The minimum absolute atomic E-state index is 0.327. The summed E-state index contributed by atoms with van der Waals surface area (Å²) in [5.74, 6) is -0.629. The number of halogens is 1. The Morgan fingerprint density at radius 1 is 1.05 bits per heavy atom. The lowest BCUT2D eigenvalue weighted by atomic mass is 9.98. The van der Waals surface area contributed by atoms with Crippen LogP contribution >= 0.6 is 0 Å². The predicted molar refractivity (Wildman–Crippen MR) is 67.2 cm³/mol. The van der Waals surface area contributed by atoms with Gasteiger partial charge in [0, 0.05) is 6.42 Å². The highest BCUT2D eigenvalue weighted by molar-refractivity contribution is 5.33. The van der Waals surface area contributed by atoms with Gasteiger partial charge >= 0.3 is 5.76 Å². The zero-order chi connectivity index (χ0) is 13.4. The average molecular weight is 261 g/mol. The van der Waals surface area contributed by atoms with Crippen LogP contribution in [-0.4, -0.2) is 4.57 Å². The van der Waals surface area contributed by atoms with Crippen LogP contribution in [0.4, 0.5) is 4.39 Å². The molecule has 0 radical (unpaired) electrons. The molecule has 3 rings (SSSR count). The van der Waals surface area contributed by atoms with Crippen LogP contribution in [-0.2, 0) is 12.8 Å². The van der Waals surface area contributed by atoms with Crippen molar-refractivity contribution in [3.05, 3.63) is 62.3 Å². The number of fused-ring (bicyclic) bond motifs is 1. The van der Waals surface area contributed by atoms with Crippen LogP contribution in [0.2, 0.25) is 0 Å². The molecule has 19 heavy (non-hydrogen) atoms. The van der Waals surface area contributed by atoms with Gasteiger partial charge in [0.25, 0.3) is 5.56 Å². The maximum Gasteiger partial charge on any atom is 0.426 e. The topological polar surface area (TPSA) is 52.2 Å². The molecule has 0 bridgehead atoms. The highest BCUT2D eigenvalue weighted by Crippen LogP contribution is 2.17. The second-order valence-corrected chi connectivity index (χ2v) is 4.59. The molecule has 1 aromatic carbocycles. The van der Waals surface area contributed by atoms with Crippen molar-refractivity contribution in [2.75, 3.05) is 0 Å². The summed E-state index contributed by atoms with van der Waals surface area (Å²) >= 11 is 0. The van der Waals surface area contributed by atoms with E-state index in [0.717, 1.165) is 17.4 Å². The Balaban J connectivity index is 2.24. The second-order valence-electron chi connectivity index (χ2n) is 4.59. The molecule has 1 aliphatic carbocycles. The van der Waals surface area contributed by atoms with Gasteiger partial charge in [0.05, 0.1) is 11.3 Å². The molecule has 0 N–H and O–H groups in total. The van der Waals surface area contributed by atoms with E-state index in [2.05, 4.69) is 0 Å². The van der Waals surface area contributed by atoms with E-state index in [4.69, 9.17) is 4.42 Å². The zero-order valence-corrected chi connectivity index (χ0v) is 10.2. The standard InChI is InChI=1S/C14H12FNO3/c15-9-5-7-10(8-6-9)16-13(17)11-3-1-2-4-12(11)19-14(16)18/h5-8H,1-4H2. The van der Waals surface area contributed by atoms with Crippen LogP contribution in [0.15, 0.2) is 38.3 Å². The minimum Gasteiger partial charge on any atom is -0.414 e. The molecular weight excluding hydrogens is 249 g/mol. The van der Waals surface area contributed by atoms with Gasteiger partial charge in [-0.3, -0.25) is 4.79 Å². The Labute approximate surface area is 108 Å². The predicted octanol–water partition coefficient (Wildman–Crippen LogP) is 1.81. The molecule has 0 fully saturated rings. The molecule has 0 saturated carbocycles. The summed E-state index contributed by atoms with van der Waals surface area (Å²) in [7, 11) is 0. The first-order chi connectivity index (χ1) is 9.16. The van der Waals surface area contributed by atoms with Crippen molar-refractivity contribution in [1.82, 2.24) is 4.57 Å². The number of hydrogen-bond donors (Lipinski definition) is 0. The van der Waals surface area contributed by atoms with Gasteiger partial charge in [-0.2, -0.15) is 0 Å². The maximum absolute atomic E-state index is 12.9. The number of aryl methyl sites for hydroxylation is 1. The molecule has 98 valence electrons. The summed E-state index contributed by atoms with van der Waals surface area (Å²) in [6.45, 7) is 0. The van der Waals surface area contributed by atoms with Crippen LogP contribution in [0.3, 0.4) is 0 Å². The van der Waals surface area contributed by atoms with Gasteiger partial charge in [-0.1, -0.05) is 0 Å². The average Bonchev–Trinajstić information content (AvgIpc) is 2.41. The van der Waals surface area contributed by atoms with E-state index in [9.17, 15) is 14.0 Å². The van der Waals surface area contributed by atoms with E-state index in [0.29, 0.717) is 29.9 Å². The number of nitrogens with zero attached hydrogens (tertiary/aromatic N) is 1. The van der Waals surface area contributed by atoms with Crippen molar-refractivity contribution in [2.45, 2.75) is 25.7 Å². The molecule has 1 aromatic heterocycles. The molecule has 2 aromatic rings.